The Hall–Kier alpha value is -1.53. The van der Waals surface area contributed by atoms with Crippen molar-refractivity contribution in [2.45, 2.75) is 6.42 Å². The Balaban J connectivity index is 2.97. The summed E-state index contributed by atoms with van der Waals surface area (Å²) in [6.07, 6.45) is 0.535. The van der Waals surface area contributed by atoms with Crippen LogP contribution >= 0.6 is 11.6 Å². The van der Waals surface area contributed by atoms with Gasteiger partial charge < -0.3 is 0 Å². The number of nitro groups is 1. The predicted octanol–water partition coefficient (Wildman–Crippen LogP) is 2.58. The molecule has 0 aliphatic rings. The molecule has 0 atom stereocenters. The second-order valence-electron chi connectivity index (χ2n) is 2.52. The highest BCUT2D eigenvalue weighted by atomic mass is 35.5. The quantitative estimate of drug-likeness (QED) is 0.325. The molecule has 0 amide bonds. The SMILES string of the molecule is O=[N+]([O-])c1ccccc1C#CCCCl. The van der Waals surface area contributed by atoms with Gasteiger partial charge >= 0.3 is 0 Å². The van der Waals surface area contributed by atoms with Crippen molar-refractivity contribution in [2.75, 3.05) is 5.88 Å². The summed E-state index contributed by atoms with van der Waals surface area (Å²) < 4.78 is 0. The molecule has 0 saturated heterocycles. The van der Waals surface area contributed by atoms with Crippen LogP contribution < -0.4 is 0 Å². The Morgan fingerprint density at radius 1 is 1.43 bits per heavy atom. The third kappa shape index (κ3) is 2.75. The molecular formula is C10H8ClNO2. The number of halogens is 1. The number of nitrogens with zero attached hydrogens (tertiary/aromatic N) is 1. The maximum atomic E-state index is 10.6. The summed E-state index contributed by atoms with van der Waals surface area (Å²) in [7, 11) is 0. The fourth-order valence-electron chi connectivity index (χ4n) is 0.944. The first kappa shape index (κ1) is 10.6. The van der Waals surface area contributed by atoms with E-state index >= 15 is 0 Å². The van der Waals surface area contributed by atoms with Crippen LogP contribution in [0.2, 0.25) is 0 Å². The lowest BCUT2D eigenvalue weighted by Gasteiger charge is -1.93. The summed E-state index contributed by atoms with van der Waals surface area (Å²) in [5, 5.41) is 10.6. The Kier molecular flexibility index (Phi) is 3.96. The molecular weight excluding hydrogens is 202 g/mol. The number of para-hydroxylation sites is 1. The number of hydrogen-bond acceptors (Lipinski definition) is 2. The summed E-state index contributed by atoms with van der Waals surface area (Å²) in [6, 6.07) is 6.40. The van der Waals surface area contributed by atoms with Crippen LogP contribution in [0.1, 0.15) is 12.0 Å². The van der Waals surface area contributed by atoms with Gasteiger partial charge in [0.1, 0.15) is 5.56 Å². The molecule has 14 heavy (non-hydrogen) atoms. The zero-order chi connectivity index (χ0) is 10.4. The minimum Gasteiger partial charge on any atom is -0.258 e. The van der Waals surface area contributed by atoms with Gasteiger partial charge in [-0.3, -0.25) is 10.1 Å². The van der Waals surface area contributed by atoms with Crippen LogP contribution in [-0.2, 0) is 0 Å². The van der Waals surface area contributed by atoms with Crippen molar-refractivity contribution in [3.8, 4) is 11.8 Å². The van der Waals surface area contributed by atoms with Crippen molar-refractivity contribution in [3.05, 3.63) is 39.9 Å². The number of nitro benzene ring substituents is 1. The Morgan fingerprint density at radius 3 is 2.79 bits per heavy atom. The number of benzene rings is 1. The van der Waals surface area contributed by atoms with E-state index in [-0.39, 0.29) is 5.69 Å². The van der Waals surface area contributed by atoms with E-state index in [1.54, 1.807) is 18.2 Å². The Morgan fingerprint density at radius 2 is 2.14 bits per heavy atom. The highest BCUT2D eigenvalue weighted by Gasteiger charge is 2.09. The number of rotatable bonds is 2. The maximum Gasteiger partial charge on any atom is 0.284 e. The fraction of sp³-hybridized carbons (Fsp3) is 0.200. The molecule has 1 aromatic carbocycles. The lowest BCUT2D eigenvalue weighted by Crippen LogP contribution is -1.91. The first-order chi connectivity index (χ1) is 6.75. The van der Waals surface area contributed by atoms with E-state index in [2.05, 4.69) is 11.8 Å². The fourth-order valence-corrected chi connectivity index (χ4v) is 1.04. The molecule has 0 heterocycles. The van der Waals surface area contributed by atoms with Crippen LogP contribution in [0.25, 0.3) is 0 Å². The van der Waals surface area contributed by atoms with Crippen molar-refractivity contribution in [2.24, 2.45) is 0 Å². The first-order valence-corrected chi connectivity index (χ1v) is 4.57. The van der Waals surface area contributed by atoms with Crippen LogP contribution in [0.4, 0.5) is 5.69 Å². The zero-order valence-corrected chi connectivity index (χ0v) is 8.12. The molecule has 1 rings (SSSR count). The largest absolute Gasteiger partial charge is 0.284 e. The van der Waals surface area contributed by atoms with Gasteiger partial charge in [0, 0.05) is 18.4 Å². The maximum absolute atomic E-state index is 10.6. The Labute approximate surface area is 86.8 Å². The standard InChI is InChI=1S/C10H8ClNO2/c11-8-4-3-6-9-5-1-2-7-10(9)12(13)14/h1-2,5,7H,4,8H2. The summed E-state index contributed by atoms with van der Waals surface area (Å²) in [5.74, 6) is 5.92. The van der Waals surface area contributed by atoms with Gasteiger partial charge in [0.2, 0.25) is 0 Å². The minimum atomic E-state index is -0.440. The first-order valence-electron chi connectivity index (χ1n) is 4.04. The minimum absolute atomic E-state index is 0.0366. The van der Waals surface area contributed by atoms with Crippen LogP contribution in [0.3, 0.4) is 0 Å². The van der Waals surface area contributed by atoms with E-state index < -0.39 is 4.92 Å². The van der Waals surface area contributed by atoms with Crippen molar-refractivity contribution < 1.29 is 4.92 Å². The molecule has 0 aliphatic heterocycles. The number of hydrogen-bond donors (Lipinski definition) is 0. The normalized spacial score (nSPS) is 8.93. The van der Waals surface area contributed by atoms with Gasteiger partial charge in [-0.25, -0.2) is 0 Å². The van der Waals surface area contributed by atoms with Crippen LogP contribution in [-0.4, -0.2) is 10.8 Å². The van der Waals surface area contributed by atoms with Crippen LogP contribution in [0.5, 0.6) is 0 Å². The second kappa shape index (κ2) is 5.25. The topological polar surface area (TPSA) is 43.1 Å². The van der Waals surface area contributed by atoms with Crippen LogP contribution in [0.15, 0.2) is 24.3 Å². The van der Waals surface area contributed by atoms with E-state index in [0.29, 0.717) is 17.9 Å². The molecule has 0 radical (unpaired) electrons. The molecule has 0 fully saturated rings. The van der Waals surface area contributed by atoms with Crippen molar-refractivity contribution >= 4 is 17.3 Å². The van der Waals surface area contributed by atoms with E-state index in [0.717, 1.165) is 0 Å². The van der Waals surface area contributed by atoms with E-state index in [9.17, 15) is 10.1 Å². The van der Waals surface area contributed by atoms with Crippen molar-refractivity contribution in [3.63, 3.8) is 0 Å². The van der Waals surface area contributed by atoms with Gasteiger partial charge in [0.05, 0.1) is 4.92 Å². The molecule has 0 saturated carbocycles. The molecule has 1 aromatic rings. The summed E-state index contributed by atoms with van der Waals surface area (Å²) >= 11 is 5.43. The van der Waals surface area contributed by atoms with Crippen LogP contribution in [0, 0.1) is 22.0 Å². The number of alkyl halides is 1. The monoisotopic (exact) mass is 209 g/mol. The van der Waals surface area contributed by atoms with Gasteiger partial charge in [-0.1, -0.05) is 24.0 Å². The molecule has 0 bridgehead atoms. The lowest BCUT2D eigenvalue weighted by molar-refractivity contribution is -0.385. The molecule has 0 aromatic heterocycles. The summed E-state index contributed by atoms with van der Waals surface area (Å²) in [6.45, 7) is 0. The van der Waals surface area contributed by atoms with Crippen molar-refractivity contribution in [1.82, 2.24) is 0 Å². The third-order valence-corrected chi connectivity index (χ3v) is 1.73. The van der Waals surface area contributed by atoms with Gasteiger partial charge in [-0.05, 0) is 6.07 Å². The summed E-state index contributed by atoms with van der Waals surface area (Å²) in [5.41, 5.74) is 0.470. The molecule has 0 N–H and O–H groups in total. The molecule has 0 aliphatic carbocycles. The molecule has 0 unspecified atom stereocenters. The van der Waals surface area contributed by atoms with Crippen molar-refractivity contribution in [1.29, 1.82) is 0 Å². The average molecular weight is 210 g/mol. The third-order valence-electron chi connectivity index (χ3n) is 1.54. The summed E-state index contributed by atoms with van der Waals surface area (Å²) in [4.78, 5) is 10.1. The van der Waals surface area contributed by atoms with E-state index in [1.807, 2.05) is 0 Å². The van der Waals surface area contributed by atoms with E-state index in [4.69, 9.17) is 11.6 Å². The van der Waals surface area contributed by atoms with Gasteiger partial charge in [-0.2, -0.15) is 0 Å². The highest BCUT2D eigenvalue weighted by molar-refractivity contribution is 6.18. The highest BCUT2D eigenvalue weighted by Crippen LogP contribution is 2.15. The predicted molar refractivity (Wildman–Crippen MR) is 55.3 cm³/mol. The lowest BCUT2D eigenvalue weighted by atomic mass is 10.2. The van der Waals surface area contributed by atoms with Gasteiger partial charge in [0.25, 0.3) is 5.69 Å². The molecule has 72 valence electrons. The Bertz CT molecular complexity index is 393. The molecule has 3 nitrogen and oxygen atoms in total. The molecule has 0 spiro atoms. The smallest absolute Gasteiger partial charge is 0.258 e. The van der Waals surface area contributed by atoms with Gasteiger partial charge in [-0.15, -0.1) is 11.6 Å². The zero-order valence-electron chi connectivity index (χ0n) is 7.37. The molecule has 4 heteroatoms. The van der Waals surface area contributed by atoms with E-state index in [1.165, 1.54) is 6.07 Å². The second-order valence-corrected chi connectivity index (χ2v) is 2.89. The average Bonchev–Trinajstić information content (AvgIpc) is 2.19. The van der Waals surface area contributed by atoms with Gasteiger partial charge in [0.15, 0.2) is 0 Å².